The number of rotatable bonds is 8. The molecule has 5 nitrogen and oxygen atoms in total. The quantitative estimate of drug-likeness (QED) is 0.626. The van der Waals surface area contributed by atoms with Crippen LogP contribution in [-0.2, 0) is 9.59 Å². The van der Waals surface area contributed by atoms with Gasteiger partial charge in [0.15, 0.2) is 4.34 Å². The summed E-state index contributed by atoms with van der Waals surface area (Å²) in [5, 5.41) is 3.78. The van der Waals surface area contributed by atoms with E-state index in [0.717, 1.165) is 27.0 Å². The maximum atomic E-state index is 12.5. The van der Waals surface area contributed by atoms with Gasteiger partial charge in [0.2, 0.25) is 11.8 Å². The van der Waals surface area contributed by atoms with Crippen molar-refractivity contribution in [3.05, 3.63) is 30.3 Å². The Balaban J connectivity index is 1.68. The predicted octanol–water partition coefficient (Wildman–Crippen LogP) is 4.69. The predicted molar refractivity (Wildman–Crippen MR) is 112 cm³/mol. The smallest absolute Gasteiger partial charge is 0.227 e. The highest BCUT2D eigenvalue weighted by molar-refractivity contribution is 8.01. The summed E-state index contributed by atoms with van der Waals surface area (Å²) in [6.45, 7) is 0. The minimum absolute atomic E-state index is 0.0351. The van der Waals surface area contributed by atoms with Crippen molar-refractivity contribution in [2.75, 3.05) is 11.1 Å². The van der Waals surface area contributed by atoms with Crippen molar-refractivity contribution in [1.29, 1.82) is 0 Å². The summed E-state index contributed by atoms with van der Waals surface area (Å²) >= 11 is 2.70. The standard InChI is InChI=1S/C20H25N3O2S2/c21-16(24)13-26-20-23-18(15-9-5-2-6-10-15)19(27-20)22-17(25)12-11-14-7-3-1-4-8-14/h2,5-6,9-10,14H,1,3-4,7-8,11-13H2,(H2,21,24)(H,22,25). The molecule has 144 valence electrons. The van der Waals surface area contributed by atoms with Gasteiger partial charge in [-0.15, -0.1) is 0 Å². The van der Waals surface area contributed by atoms with Crippen molar-refractivity contribution in [2.45, 2.75) is 49.3 Å². The summed E-state index contributed by atoms with van der Waals surface area (Å²) in [5.41, 5.74) is 6.93. The number of carbonyl (C=O) groups excluding carboxylic acids is 2. The van der Waals surface area contributed by atoms with E-state index in [4.69, 9.17) is 5.73 Å². The fourth-order valence-electron chi connectivity index (χ4n) is 3.37. The second kappa shape index (κ2) is 9.90. The molecule has 7 heteroatoms. The van der Waals surface area contributed by atoms with E-state index in [9.17, 15) is 9.59 Å². The molecule has 0 saturated heterocycles. The highest BCUT2D eigenvalue weighted by atomic mass is 32.2. The van der Waals surface area contributed by atoms with Crippen LogP contribution in [0.4, 0.5) is 5.00 Å². The number of anilines is 1. The van der Waals surface area contributed by atoms with Gasteiger partial charge in [0, 0.05) is 12.0 Å². The van der Waals surface area contributed by atoms with Crippen LogP contribution in [0.1, 0.15) is 44.9 Å². The van der Waals surface area contributed by atoms with Crippen LogP contribution in [0.3, 0.4) is 0 Å². The number of benzene rings is 1. The molecule has 1 aliphatic carbocycles. The van der Waals surface area contributed by atoms with Crippen molar-refractivity contribution in [3.63, 3.8) is 0 Å². The van der Waals surface area contributed by atoms with E-state index in [1.54, 1.807) is 0 Å². The molecule has 27 heavy (non-hydrogen) atoms. The van der Waals surface area contributed by atoms with E-state index in [1.165, 1.54) is 55.2 Å². The van der Waals surface area contributed by atoms with E-state index >= 15 is 0 Å². The Bertz CT molecular complexity index is 771. The van der Waals surface area contributed by atoms with E-state index in [-0.39, 0.29) is 17.6 Å². The number of thiazole rings is 1. The molecule has 0 bridgehead atoms. The lowest BCUT2D eigenvalue weighted by molar-refractivity contribution is -0.117. The molecule has 3 N–H and O–H groups in total. The highest BCUT2D eigenvalue weighted by Crippen LogP contribution is 2.37. The molecular formula is C20H25N3O2S2. The van der Waals surface area contributed by atoms with Crippen LogP contribution in [0.5, 0.6) is 0 Å². The first-order chi connectivity index (χ1) is 13.1. The van der Waals surface area contributed by atoms with Crippen LogP contribution in [0.15, 0.2) is 34.7 Å². The van der Waals surface area contributed by atoms with Crippen molar-refractivity contribution >= 4 is 39.9 Å². The number of nitrogens with zero attached hydrogens (tertiary/aromatic N) is 1. The third-order valence-electron chi connectivity index (χ3n) is 4.75. The molecule has 0 atom stereocenters. The van der Waals surface area contributed by atoms with Crippen LogP contribution in [0, 0.1) is 5.92 Å². The van der Waals surface area contributed by atoms with Crippen LogP contribution >= 0.6 is 23.1 Å². The number of nitrogens with two attached hydrogens (primary N) is 1. The maximum absolute atomic E-state index is 12.5. The summed E-state index contributed by atoms with van der Waals surface area (Å²) in [6, 6.07) is 9.77. The summed E-state index contributed by atoms with van der Waals surface area (Å²) in [7, 11) is 0. The average molecular weight is 404 g/mol. The lowest BCUT2D eigenvalue weighted by Crippen LogP contribution is -2.14. The minimum Gasteiger partial charge on any atom is -0.369 e. The van der Waals surface area contributed by atoms with Crippen molar-refractivity contribution in [1.82, 2.24) is 4.98 Å². The molecule has 1 heterocycles. The molecular weight excluding hydrogens is 378 g/mol. The Labute approximate surface area is 168 Å². The van der Waals surface area contributed by atoms with Gasteiger partial charge in [-0.05, 0) is 12.3 Å². The SMILES string of the molecule is NC(=O)CSc1nc(-c2ccccc2)c(NC(=O)CCC2CCCCC2)s1. The normalized spacial score (nSPS) is 14.8. The van der Waals surface area contributed by atoms with Crippen molar-refractivity contribution in [3.8, 4) is 11.3 Å². The molecule has 2 aromatic rings. The number of primary amides is 1. The number of amides is 2. The van der Waals surface area contributed by atoms with Gasteiger partial charge in [-0.25, -0.2) is 4.98 Å². The summed E-state index contributed by atoms with van der Waals surface area (Å²) in [5.74, 6) is 0.514. The molecule has 0 spiro atoms. The number of nitrogens with one attached hydrogen (secondary N) is 1. The Morgan fingerprint density at radius 1 is 1.19 bits per heavy atom. The van der Waals surface area contributed by atoms with Gasteiger partial charge in [0.05, 0.1) is 5.75 Å². The third-order valence-corrected chi connectivity index (χ3v) is 6.89. The Morgan fingerprint density at radius 2 is 1.93 bits per heavy atom. The van der Waals surface area contributed by atoms with Gasteiger partial charge in [0.1, 0.15) is 10.7 Å². The number of hydrogen-bond acceptors (Lipinski definition) is 5. The zero-order valence-corrected chi connectivity index (χ0v) is 16.9. The minimum atomic E-state index is -0.380. The van der Waals surface area contributed by atoms with Crippen LogP contribution < -0.4 is 11.1 Å². The van der Waals surface area contributed by atoms with Gasteiger partial charge in [-0.3, -0.25) is 9.59 Å². The first-order valence-electron chi connectivity index (χ1n) is 9.39. The zero-order chi connectivity index (χ0) is 19.1. The van der Waals surface area contributed by atoms with E-state index in [0.29, 0.717) is 12.3 Å². The first kappa shape index (κ1) is 19.9. The molecule has 3 rings (SSSR count). The van der Waals surface area contributed by atoms with Crippen LogP contribution in [-0.4, -0.2) is 22.6 Å². The van der Waals surface area contributed by atoms with E-state index < -0.39 is 0 Å². The van der Waals surface area contributed by atoms with Gasteiger partial charge in [-0.2, -0.15) is 0 Å². The van der Waals surface area contributed by atoms with Crippen molar-refractivity contribution < 1.29 is 9.59 Å². The number of thioether (sulfide) groups is 1. The lowest BCUT2D eigenvalue weighted by atomic mass is 9.86. The summed E-state index contributed by atoms with van der Waals surface area (Å²) in [6.07, 6.45) is 7.90. The van der Waals surface area contributed by atoms with Gasteiger partial charge in [0.25, 0.3) is 0 Å². The Morgan fingerprint density at radius 3 is 2.63 bits per heavy atom. The average Bonchev–Trinajstić information content (AvgIpc) is 3.09. The molecule has 0 radical (unpaired) electrons. The lowest BCUT2D eigenvalue weighted by Gasteiger charge is -2.20. The van der Waals surface area contributed by atoms with Crippen LogP contribution in [0.2, 0.25) is 0 Å². The van der Waals surface area contributed by atoms with Gasteiger partial charge >= 0.3 is 0 Å². The third kappa shape index (κ3) is 6.07. The van der Waals surface area contributed by atoms with E-state index in [2.05, 4.69) is 10.3 Å². The molecule has 0 unspecified atom stereocenters. The largest absolute Gasteiger partial charge is 0.369 e. The Kier molecular flexibility index (Phi) is 7.29. The van der Waals surface area contributed by atoms with Crippen LogP contribution in [0.25, 0.3) is 11.3 Å². The molecule has 2 amide bonds. The second-order valence-corrected chi connectivity index (χ2v) is 9.09. The number of hydrogen-bond donors (Lipinski definition) is 2. The summed E-state index contributed by atoms with van der Waals surface area (Å²) < 4.78 is 0.732. The van der Waals surface area contributed by atoms with Gasteiger partial charge < -0.3 is 11.1 Å². The Hall–Kier alpha value is -1.86. The monoisotopic (exact) mass is 403 g/mol. The molecule has 1 fully saturated rings. The number of aromatic nitrogens is 1. The maximum Gasteiger partial charge on any atom is 0.227 e. The molecule has 1 aromatic carbocycles. The van der Waals surface area contributed by atoms with Crippen molar-refractivity contribution in [2.24, 2.45) is 11.7 Å². The van der Waals surface area contributed by atoms with Gasteiger partial charge in [-0.1, -0.05) is 85.5 Å². The number of carbonyl (C=O) groups is 2. The fourth-order valence-corrected chi connectivity index (χ4v) is 5.19. The topological polar surface area (TPSA) is 85.1 Å². The first-order valence-corrected chi connectivity index (χ1v) is 11.2. The fraction of sp³-hybridized carbons (Fsp3) is 0.450. The highest BCUT2D eigenvalue weighted by Gasteiger charge is 2.18. The molecule has 1 saturated carbocycles. The molecule has 1 aliphatic rings. The molecule has 1 aromatic heterocycles. The second-order valence-electron chi connectivity index (χ2n) is 6.87. The van der Waals surface area contributed by atoms with E-state index in [1.807, 2.05) is 30.3 Å². The molecule has 0 aliphatic heterocycles. The zero-order valence-electron chi connectivity index (χ0n) is 15.3. The summed E-state index contributed by atoms with van der Waals surface area (Å²) in [4.78, 5) is 28.2.